The molecule has 1 aliphatic carbocycles. The number of H-pyrrole nitrogens is 1. The van der Waals surface area contributed by atoms with Crippen molar-refractivity contribution in [1.82, 2.24) is 20.6 Å². The normalized spacial score (nSPS) is 13.8. The highest BCUT2D eigenvalue weighted by Gasteiger charge is 2.17. The van der Waals surface area contributed by atoms with Crippen LogP contribution in [-0.4, -0.2) is 28.3 Å². The van der Waals surface area contributed by atoms with Gasteiger partial charge >= 0.3 is 0 Å². The average Bonchev–Trinajstić information content (AvgIpc) is 3.34. The molecule has 1 heterocycles. The number of nitrogens with one attached hydrogen (secondary N) is 4. The first-order chi connectivity index (χ1) is 18.9. The van der Waals surface area contributed by atoms with Gasteiger partial charge in [-0.05, 0) is 66.8 Å². The Morgan fingerprint density at radius 2 is 1.77 bits per heavy atom. The average molecular weight is 568 g/mol. The molecule has 0 spiro atoms. The fourth-order valence-electron chi connectivity index (χ4n) is 4.83. The molecule has 1 saturated carbocycles. The molecule has 0 aliphatic heterocycles. The van der Waals surface area contributed by atoms with E-state index in [2.05, 4.69) is 25.9 Å². The number of rotatable bonds is 8. The van der Waals surface area contributed by atoms with Crippen molar-refractivity contribution in [1.29, 1.82) is 0 Å². The Morgan fingerprint density at radius 1 is 0.949 bits per heavy atom. The van der Waals surface area contributed by atoms with Gasteiger partial charge in [-0.15, -0.1) is 0 Å². The SMILES string of the molecule is O=C(NCC1CCCCC1)c1ccc2[nH]c(Nc3cc(CNC(=O)c4c(F)cccc4Cl)ccc3Cl)nc2c1. The third kappa shape index (κ3) is 6.52. The Bertz CT molecular complexity index is 1500. The van der Waals surface area contributed by atoms with Crippen molar-refractivity contribution < 1.29 is 14.0 Å². The minimum atomic E-state index is -0.687. The number of aromatic amines is 1. The molecule has 4 aromatic rings. The molecule has 10 heteroatoms. The molecule has 7 nitrogen and oxygen atoms in total. The van der Waals surface area contributed by atoms with Crippen LogP contribution in [0.5, 0.6) is 0 Å². The molecule has 0 bridgehead atoms. The zero-order valence-electron chi connectivity index (χ0n) is 21.1. The number of nitrogens with zero attached hydrogens (tertiary/aromatic N) is 1. The highest BCUT2D eigenvalue weighted by molar-refractivity contribution is 6.34. The number of anilines is 2. The minimum Gasteiger partial charge on any atom is -0.352 e. The number of hydrogen-bond donors (Lipinski definition) is 4. The van der Waals surface area contributed by atoms with E-state index in [4.69, 9.17) is 23.2 Å². The molecule has 4 N–H and O–H groups in total. The third-order valence-electron chi connectivity index (χ3n) is 6.95. The van der Waals surface area contributed by atoms with Crippen LogP contribution in [0.1, 0.15) is 58.4 Å². The number of amides is 2. The lowest BCUT2D eigenvalue weighted by molar-refractivity contribution is 0.0937. The van der Waals surface area contributed by atoms with Crippen LogP contribution in [0.25, 0.3) is 11.0 Å². The Labute approximate surface area is 235 Å². The maximum absolute atomic E-state index is 14.1. The van der Waals surface area contributed by atoms with Crippen LogP contribution in [0.2, 0.25) is 10.0 Å². The van der Waals surface area contributed by atoms with Crippen LogP contribution >= 0.6 is 23.2 Å². The van der Waals surface area contributed by atoms with Crippen LogP contribution in [0.3, 0.4) is 0 Å². The first-order valence-electron chi connectivity index (χ1n) is 12.9. The lowest BCUT2D eigenvalue weighted by Crippen LogP contribution is -2.30. The van der Waals surface area contributed by atoms with Gasteiger partial charge in [0.15, 0.2) is 0 Å². The molecule has 202 valence electrons. The third-order valence-corrected chi connectivity index (χ3v) is 7.59. The minimum absolute atomic E-state index is 0.0423. The van der Waals surface area contributed by atoms with Crippen LogP contribution in [-0.2, 0) is 6.54 Å². The van der Waals surface area contributed by atoms with Crippen molar-refractivity contribution in [3.8, 4) is 0 Å². The summed E-state index contributed by atoms with van der Waals surface area (Å²) in [5.41, 5.74) is 3.07. The van der Waals surface area contributed by atoms with Gasteiger partial charge in [0.05, 0.1) is 32.3 Å². The quantitative estimate of drug-likeness (QED) is 0.184. The van der Waals surface area contributed by atoms with Crippen molar-refractivity contribution in [2.45, 2.75) is 38.6 Å². The van der Waals surface area contributed by atoms with Crippen molar-refractivity contribution in [3.05, 3.63) is 87.2 Å². The summed E-state index contributed by atoms with van der Waals surface area (Å²) < 4.78 is 14.1. The predicted molar refractivity (Wildman–Crippen MR) is 152 cm³/mol. The Hall–Kier alpha value is -3.62. The smallest absolute Gasteiger partial charge is 0.256 e. The summed E-state index contributed by atoms with van der Waals surface area (Å²) in [6.45, 7) is 0.835. The summed E-state index contributed by atoms with van der Waals surface area (Å²) in [4.78, 5) is 32.9. The second-order valence-corrected chi connectivity index (χ2v) is 10.6. The standard InChI is InChI=1S/C29H28Cl2FN5O2/c30-20-11-9-18(16-34-28(39)26-21(31)7-4-8-22(26)32)13-24(20)36-29-35-23-12-10-19(14-25(23)37-29)27(38)33-15-17-5-2-1-3-6-17/h4,7-14,17H,1-3,5-6,15-16H2,(H,33,38)(H,34,39)(H2,35,36,37). The highest BCUT2D eigenvalue weighted by atomic mass is 35.5. The van der Waals surface area contributed by atoms with E-state index in [0.29, 0.717) is 40.2 Å². The second-order valence-electron chi connectivity index (χ2n) is 9.75. The summed E-state index contributed by atoms with van der Waals surface area (Å²) in [5, 5.41) is 9.40. The molecule has 0 saturated heterocycles. The molecule has 5 rings (SSSR count). The molecule has 0 radical (unpaired) electrons. The predicted octanol–water partition coefficient (Wildman–Crippen LogP) is 6.99. The van der Waals surface area contributed by atoms with Gasteiger partial charge in [0, 0.05) is 18.7 Å². The van der Waals surface area contributed by atoms with Gasteiger partial charge in [0.1, 0.15) is 5.82 Å². The first-order valence-corrected chi connectivity index (χ1v) is 13.7. The zero-order chi connectivity index (χ0) is 27.4. The molecule has 39 heavy (non-hydrogen) atoms. The molecular weight excluding hydrogens is 540 g/mol. The number of halogens is 3. The van der Waals surface area contributed by atoms with E-state index in [-0.39, 0.29) is 23.0 Å². The van der Waals surface area contributed by atoms with Gasteiger partial charge in [-0.3, -0.25) is 9.59 Å². The molecule has 1 aromatic heterocycles. The Kier molecular flexibility index (Phi) is 8.33. The lowest BCUT2D eigenvalue weighted by atomic mass is 9.89. The van der Waals surface area contributed by atoms with Gasteiger partial charge in [0.25, 0.3) is 11.8 Å². The number of imidazole rings is 1. The Balaban J connectivity index is 1.24. The summed E-state index contributed by atoms with van der Waals surface area (Å²) in [6.07, 6.45) is 6.10. The molecule has 2 amide bonds. The van der Waals surface area contributed by atoms with Crippen molar-refractivity contribution in [3.63, 3.8) is 0 Å². The van der Waals surface area contributed by atoms with Crippen LogP contribution in [0.15, 0.2) is 54.6 Å². The van der Waals surface area contributed by atoms with Crippen LogP contribution in [0, 0.1) is 11.7 Å². The second kappa shape index (κ2) is 12.1. The lowest BCUT2D eigenvalue weighted by Gasteiger charge is -2.21. The number of carbonyl (C=O) groups is 2. The number of carbonyl (C=O) groups excluding carboxylic acids is 2. The number of hydrogen-bond acceptors (Lipinski definition) is 4. The summed E-state index contributed by atoms with van der Waals surface area (Å²) in [6, 6.07) is 14.7. The summed E-state index contributed by atoms with van der Waals surface area (Å²) in [7, 11) is 0. The highest BCUT2D eigenvalue weighted by Crippen LogP contribution is 2.28. The van der Waals surface area contributed by atoms with Gasteiger partial charge in [-0.25, -0.2) is 9.37 Å². The topological polar surface area (TPSA) is 98.9 Å². The molecular formula is C29H28Cl2FN5O2. The Morgan fingerprint density at radius 3 is 2.56 bits per heavy atom. The maximum Gasteiger partial charge on any atom is 0.256 e. The van der Waals surface area contributed by atoms with Gasteiger partial charge in [-0.2, -0.15) is 0 Å². The fraction of sp³-hybridized carbons (Fsp3) is 0.276. The number of benzene rings is 3. The molecule has 1 fully saturated rings. The fourth-order valence-corrected chi connectivity index (χ4v) is 5.24. The van der Waals surface area contributed by atoms with E-state index in [0.717, 1.165) is 11.1 Å². The van der Waals surface area contributed by atoms with Crippen LogP contribution in [0.4, 0.5) is 16.0 Å². The summed E-state index contributed by atoms with van der Waals surface area (Å²) in [5.74, 6) is -0.397. The van der Waals surface area contributed by atoms with Crippen molar-refractivity contribution >= 4 is 57.7 Å². The summed E-state index contributed by atoms with van der Waals surface area (Å²) >= 11 is 12.4. The van der Waals surface area contributed by atoms with E-state index in [1.807, 2.05) is 6.07 Å². The number of fused-ring (bicyclic) bond motifs is 1. The van der Waals surface area contributed by atoms with Gasteiger partial charge in [0.2, 0.25) is 5.95 Å². The number of aromatic nitrogens is 2. The van der Waals surface area contributed by atoms with Crippen molar-refractivity contribution in [2.24, 2.45) is 5.92 Å². The first kappa shape index (κ1) is 27.0. The monoisotopic (exact) mass is 567 g/mol. The maximum atomic E-state index is 14.1. The van der Waals surface area contributed by atoms with Crippen molar-refractivity contribution in [2.75, 3.05) is 11.9 Å². The van der Waals surface area contributed by atoms with E-state index >= 15 is 0 Å². The van der Waals surface area contributed by atoms with E-state index in [9.17, 15) is 14.0 Å². The van der Waals surface area contributed by atoms with E-state index < -0.39 is 11.7 Å². The van der Waals surface area contributed by atoms with Crippen LogP contribution < -0.4 is 16.0 Å². The molecule has 0 atom stereocenters. The van der Waals surface area contributed by atoms with E-state index in [1.165, 1.54) is 50.3 Å². The van der Waals surface area contributed by atoms with E-state index in [1.54, 1.807) is 30.3 Å². The molecule has 3 aromatic carbocycles. The molecule has 1 aliphatic rings. The zero-order valence-corrected chi connectivity index (χ0v) is 22.6. The van der Waals surface area contributed by atoms with Gasteiger partial charge in [-0.1, -0.05) is 54.6 Å². The largest absolute Gasteiger partial charge is 0.352 e. The van der Waals surface area contributed by atoms with Gasteiger partial charge < -0.3 is 20.9 Å². The molecule has 0 unspecified atom stereocenters.